The van der Waals surface area contributed by atoms with E-state index in [0.29, 0.717) is 25.1 Å². The SMILES string of the molecule is O=C(NC[C@H]1CCCO1)c1c(O)c2c([nH]c1=O)CCCC2. The van der Waals surface area contributed by atoms with Crippen LogP contribution in [0.4, 0.5) is 0 Å². The first-order valence-electron chi connectivity index (χ1n) is 7.53. The van der Waals surface area contributed by atoms with Crippen LogP contribution in [-0.4, -0.2) is 35.3 Å². The van der Waals surface area contributed by atoms with E-state index in [1.807, 2.05) is 0 Å². The van der Waals surface area contributed by atoms with Crippen LogP contribution in [0, 0.1) is 0 Å². The highest BCUT2D eigenvalue weighted by Gasteiger charge is 2.25. The fraction of sp³-hybridized carbons (Fsp3) is 0.600. The van der Waals surface area contributed by atoms with Crippen LogP contribution in [0.2, 0.25) is 0 Å². The molecule has 0 aromatic carbocycles. The molecule has 0 unspecified atom stereocenters. The van der Waals surface area contributed by atoms with Crippen molar-refractivity contribution in [3.05, 3.63) is 27.2 Å². The number of nitrogens with one attached hydrogen (secondary N) is 2. The lowest BCUT2D eigenvalue weighted by Crippen LogP contribution is -2.35. The van der Waals surface area contributed by atoms with Crippen LogP contribution >= 0.6 is 0 Å². The fourth-order valence-electron chi connectivity index (χ4n) is 3.07. The third-order valence-corrected chi connectivity index (χ3v) is 4.22. The number of hydrogen-bond donors (Lipinski definition) is 3. The molecule has 1 fully saturated rings. The molecule has 0 radical (unpaired) electrons. The molecular weight excluding hydrogens is 272 g/mol. The van der Waals surface area contributed by atoms with E-state index in [1.165, 1.54) is 0 Å². The van der Waals surface area contributed by atoms with Gasteiger partial charge in [-0.1, -0.05) is 0 Å². The van der Waals surface area contributed by atoms with Crippen molar-refractivity contribution in [2.75, 3.05) is 13.2 Å². The van der Waals surface area contributed by atoms with Crippen LogP contribution in [0.3, 0.4) is 0 Å². The minimum Gasteiger partial charge on any atom is -0.507 e. The number of pyridine rings is 1. The Balaban J connectivity index is 1.80. The Morgan fingerprint density at radius 1 is 1.33 bits per heavy atom. The number of aromatic nitrogens is 1. The first-order valence-corrected chi connectivity index (χ1v) is 7.53. The molecule has 1 atom stereocenters. The number of ether oxygens (including phenoxy) is 1. The summed E-state index contributed by atoms with van der Waals surface area (Å²) in [6.45, 7) is 1.08. The van der Waals surface area contributed by atoms with Crippen LogP contribution in [0.15, 0.2) is 4.79 Å². The molecule has 1 aliphatic carbocycles. The number of amides is 1. The van der Waals surface area contributed by atoms with Crippen molar-refractivity contribution in [2.45, 2.75) is 44.6 Å². The molecule has 1 aromatic heterocycles. The van der Waals surface area contributed by atoms with Gasteiger partial charge in [0.15, 0.2) is 0 Å². The second-order valence-electron chi connectivity index (χ2n) is 5.69. The lowest BCUT2D eigenvalue weighted by molar-refractivity contribution is 0.0854. The Morgan fingerprint density at radius 2 is 2.14 bits per heavy atom. The van der Waals surface area contributed by atoms with Crippen molar-refractivity contribution in [2.24, 2.45) is 0 Å². The molecule has 21 heavy (non-hydrogen) atoms. The summed E-state index contributed by atoms with van der Waals surface area (Å²) in [6.07, 6.45) is 5.31. The number of aromatic amines is 1. The fourth-order valence-corrected chi connectivity index (χ4v) is 3.07. The van der Waals surface area contributed by atoms with E-state index in [4.69, 9.17) is 4.74 Å². The number of H-pyrrole nitrogens is 1. The van der Waals surface area contributed by atoms with Gasteiger partial charge in [0, 0.05) is 24.4 Å². The summed E-state index contributed by atoms with van der Waals surface area (Å²) in [5.74, 6) is -0.684. The van der Waals surface area contributed by atoms with Gasteiger partial charge in [0.2, 0.25) is 0 Å². The summed E-state index contributed by atoms with van der Waals surface area (Å²) in [7, 11) is 0. The highest BCUT2D eigenvalue weighted by atomic mass is 16.5. The topological polar surface area (TPSA) is 91.4 Å². The molecule has 6 heteroatoms. The molecule has 1 saturated heterocycles. The lowest BCUT2D eigenvalue weighted by atomic mass is 9.93. The Bertz CT molecular complexity index is 602. The Morgan fingerprint density at radius 3 is 2.90 bits per heavy atom. The molecule has 114 valence electrons. The molecule has 6 nitrogen and oxygen atoms in total. The van der Waals surface area contributed by atoms with Crippen molar-refractivity contribution in [3.63, 3.8) is 0 Å². The molecule has 0 saturated carbocycles. The van der Waals surface area contributed by atoms with Crippen molar-refractivity contribution in [3.8, 4) is 5.75 Å². The lowest BCUT2D eigenvalue weighted by Gasteiger charge is -2.18. The molecule has 1 aliphatic heterocycles. The number of fused-ring (bicyclic) bond motifs is 1. The zero-order chi connectivity index (χ0) is 14.8. The van der Waals surface area contributed by atoms with Crippen LogP contribution in [0.5, 0.6) is 5.75 Å². The van der Waals surface area contributed by atoms with Gasteiger partial charge < -0.3 is 20.1 Å². The number of hydrogen-bond acceptors (Lipinski definition) is 4. The van der Waals surface area contributed by atoms with Crippen LogP contribution in [0.25, 0.3) is 0 Å². The van der Waals surface area contributed by atoms with Gasteiger partial charge in [-0.3, -0.25) is 9.59 Å². The van der Waals surface area contributed by atoms with Gasteiger partial charge in [-0.2, -0.15) is 0 Å². The van der Waals surface area contributed by atoms with Crippen molar-refractivity contribution < 1.29 is 14.6 Å². The van der Waals surface area contributed by atoms with E-state index in [1.54, 1.807) is 0 Å². The van der Waals surface area contributed by atoms with Gasteiger partial charge in [0.25, 0.3) is 11.5 Å². The smallest absolute Gasteiger partial charge is 0.264 e. The number of aryl methyl sites for hydroxylation is 1. The average molecular weight is 292 g/mol. The van der Waals surface area contributed by atoms with Gasteiger partial charge in [0.05, 0.1) is 6.10 Å². The van der Waals surface area contributed by atoms with E-state index in [0.717, 1.165) is 37.8 Å². The second kappa shape index (κ2) is 5.89. The summed E-state index contributed by atoms with van der Waals surface area (Å²) in [5.41, 5.74) is 0.786. The maximum Gasteiger partial charge on any atom is 0.264 e. The van der Waals surface area contributed by atoms with Gasteiger partial charge in [-0.25, -0.2) is 0 Å². The predicted molar refractivity (Wildman–Crippen MR) is 76.7 cm³/mol. The molecule has 3 N–H and O–H groups in total. The Kier molecular flexibility index (Phi) is 3.96. The molecule has 2 aliphatic rings. The van der Waals surface area contributed by atoms with E-state index in [-0.39, 0.29) is 17.4 Å². The quantitative estimate of drug-likeness (QED) is 0.771. The molecule has 2 heterocycles. The van der Waals surface area contributed by atoms with Crippen LogP contribution in [-0.2, 0) is 17.6 Å². The summed E-state index contributed by atoms with van der Waals surface area (Å²) >= 11 is 0. The van der Waals surface area contributed by atoms with Gasteiger partial charge in [-0.15, -0.1) is 0 Å². The van der Waals surface area contributed by atoms with E-state index in [9.17, 15) is 14.7 Å². The normalized spacial score (nSPS) is 21.0. The van der Waals surface area contributed by atoms with Gasteiger partial charge >= 0.3 is 0 Å². The third kappa shape index (κ3) is 2.81. The minimum absolute atomic E-state index is 0.00722. The minimum atomic E-state index is -0.530. The third-order valence-electron chi connectivity index (χ3n) is 4.22. The molecule has 0 bridgehead atoms. The second-order valence-corrected chi connectivity index (χ2v) is 5.69. The van der Waals surface area contributed by atoms with Crippen LogP contribution < -0.4 is 10.9 Å². The molecule has 1 aromatic rings. The number of carbonyl (C=O) groups is 1. The van der Waals surface area contributed by atoms with Crippen molar-refractivity contribution in [1.29, 1.82) is 0 Å². The molecular formula is C15H20N2O4. The van der Waals surface area contributed by atoms with E-state index < -0.39 is 11.5 Å². The monoisotopic (exact) mass is 292 g/mol. The standard InChI is InChI=1S/C15H20N2O4/c18-13-10-5-1-2-6-11(10)17-15(20)12(13)14(19)16-8-9-4-3-7-21-9/h9H,1-8H2,(H,16,19)(H2,17,18,20)/t9-/m1/s1. The molecule has 3 rings (SSSR count). The van der Waals surface area contributed by atoms with Crippen molar-refractivity contribution >= 4 is 5.91 Å². The highest BCUT2D eigenvalue weighted by Crippen LogP contribution is 2.28. The van der Waals surface area contributed by atoms with Gasteiger partial charge in [0.1, 0.15) is 11.3 Å². The maximum absolute atomic E-state index is 12.2. The number of aromatic hydroxyl groups is 1. The molecule has 1 amide bonds. The summed E-state index contributed by atoms with van der Waals surface area (Å²) < 4.78 is 5.43. The van der Waals surface area contributed by atoms with Gasteiger partial charge in [-0.05, 0) is 38.5 Å². The maximum atomic E-state index is 12.2. The number of rotatable bonds is 3. The largest absolute Gasteiger partial charge is 0.507 e. The Labute approximate surface area is 122 Å². The summed E-state index contributed by atoms with van der Waals surface area (Å²) in [6, 6.07) is 0. The average Bonchev–Trinajstić information content (AvgIpc) is 2.98. The summed E-state index contributed by atoms with van der Waals surface area (Å²) in [5, 5.41) is 13.0. The zero-order valence-corrected chi connectivity index (χ0v) is 11.9. The first-order chi connectivity index (χ1) is 10.2. The first kappa shape index (κ1) is 14.1. The van der Waals surface area contributed by atoms with Crippen LogP contribution in [0.1, 0.15) is 47.3 Å². The number of carbonyl (C=O) groups excluding carboxylic acids is 1. The van der Waals surface area contributed by atoms with E-state index in [2.05, 4.69) is 10.3 Å². The highest BCUT2D eigenvalue weighted by molar-refractivity contribution is 5.96. The zero-order valence-electron chi connectivity index (χ0n) is 11.9. The summed E-state index contributed by atoms with van der Waals surface area (Å²) in [4.78, 5) is 27.0. The predicted octanol–water partition coefficient (Wildman–Crippen LogP) is 0.868. The Hall–Kier alpha value is -1.82. The van der Waals surface area contributed by atoms with Crippen molar-refractivity contribution in [1.82, 2.24) is 10.3 Å². The van der Waals surface area contributed by atoms with E-state index >= 15 is 0 Å². The molecule has 0 spiro atoms.